The Hall–Kier alpha value is -2.66. The van der Waals surface area contributed by atoms with Gasteiger partial charge in [-0.25, -0.2) is 0 Å². The second-order valence-corrected chi connectivity index (χ2v) is 9.12. The van der Waals surface area contributed by atoms with E-state index >= 15 is 0 Å². The van der Waals surface area contributed by atoms with Gasteiger partial charge in [-0.05, 0) is 38.8 Å². The van der Waals surface area contributed by atoms with Crippen LogP contribution in [0.2, 0.25) is 0 Å². The van der Waals surface area contributed by atoms with Crippen molar-refractivity contribution in [2.45, 2.75) is 56.9 Å². The molecule has 0 aliphatic carbocycles. The van der Waals surface area contributed by atoms with E-state index in [0.29, 0.717) is 39.8 Å². The number of amides is 1. The number of benzene rings is 1. The minimum Gasteiger partial charge on any atom is -0.507 e. The van der Waals surface area contributed by atoms with Crippen molar-refractivity contribution >= 4 is 45.9 Å². The van der Waals surface area contributed by atoms with E-state index in [-0.39, 0.29) is 22.8 Å². The Labute approximate surface area is 188 Å². The first-order valence-corrected chi connectivity index (χ1v) is 11.5. The highest BCUT2D eigenvalue weighted by Crippen LogP contribution is 2.34. The summed E-state index contributed by atoms with van der Waals surface area (Å²) >= 11 is 2.62. The fourth-order valence-corrected chi connectivity index (χ4v) is 4.65. The van der Waals surface area contributed by atoms with Gasteiger partial charge in [-0.2, -0.15) is 0 Å². The maximum Gasteiger partial charge on any atom is 0.312 e. The van der Waals surface area contributed by atoms with Crippen molar-refractivity contribution in [2.24, 2.45) is 0 Å². The van der Waals surface area contributed by atoms with E-state index in [1.165, 1.54) is 30.0 Å². The summed E-state index contributed by atoms with van der Waals surface area (Å²) in [5.41, 5.74) is 0.932. The van der Waals surface area contributed by atoms with Gasteiger partial charge in [-0.3, -0.25) is 19.7 Å². The molecule has 1 aromatic heterocycles. The van der Waals surface area contributed by atoms with Gasteiger partial charge in [0.15, 0.2) is 10.1 Å². The summed E-state index contributed by atoms with van der Waals surface area (Å²) in [6, 6.07) is 3.30. The van der Waals surface area contributed by atoms with Gasteiger partial charge >= 0.3 is 5.97 Å². The van der Waals surface area contributed by atoms with Crippen LogP contribution < -0.4 is 10.1 Å². The molecule has 0 aliphatic heterocycles. The van der Waals surface area contributed by atoms with Gasteiger partial charge in [0.1, 0.15) is 17.9 Å². The zero-order chi connectivity index (χ0) is 23.0. The van der Waals surface area contributed by atoms with Crippen LogP contribution in [0.15, 0.2) is 16.5 Å². The number of thioether (sulfide) groups is 1. The molecule has 0 fully saturated rings. The molecule has 2 aromatic rings. The average molecular weight is 468 g/mol. The normalized spacial score (nSPS) is 11.7. The summed E-state index contributed by atoms with van der Waals surface area (Å²) in [5, 5.41) is 29.5. The number of carboxylic acids is 1. The molecule has 31 heavy (non-hydrogen) atoms. The lowest BCUT2D eigenvalue weighted by Gasteiger charge is -2.19. The molecule has 1 atom stereocenters. The molecule has 2 rings (SSSR count). The Morgan fingerprint density at radius 1 is 1.29 bits per heavy atom. The summed E-state index contributed by atoms with van der Waals surface area (Å²) < 4.78 is 6.66. The highest BCUT2D eigenvalue weighted by molar-refractivity contribution is 8.01. The summed E-state index contributed by atoms with van der Waals surface area (Å²) in [5.74, 6) is -0.817. The number of aromatic nitrogens is 2. The Morgan fingerprint density at radius 2 is 2.03 bits per heavy atom. The number of phenolic OH excluding ortho intramolecular Hbond substituents is 1. The van der Waals surface area contributed by atoms with Gasteiger partial charge < -0.3 is 14.9 Å². The third-order valence-electron chi connectivity index (χ3n) is 4.16. The molecular weight excluding hydrogens is 442 g/mol. The predicted molar refractivity (Wildman–Crippen MR) is 118 cm³/mol. The highest BCUT2D eigenvalue weighted by Gasteiger charge is 2.18. The van der Waals surface area contributed by atoms with E-state index in [2.05, 4.69) is 15.5 Å². The number of hydrogen-bond acceptors (Lipinski definition) is 9. The fourth-order valence-electron chi connectivity index (χ4n) is 2.71. The fraction of sp³-hybridized carbons (Fsp3) is 0.450. The third-order valence-corrected chi connectivity index (χ3v) is 6.17. The van der Waals surface area contributed by atoms with E-state index in [4.69, 9.17) is 9.84 Å². The van der Waals surface area contributed by atoms with Gasteiger partial charge in [-0.15, -0.1) is 10.2 Å². The number of rotatable bonds is 12. The van der Waals surface area contributed by atoms with Crippen LogP contribution in [0, 0.1) is 0 Å². The second kappa shape index (κ2) is 11.7. The number of ketones is 1. The number of carbonyl (C=O) groups is 3. The van der Waals surface area contributed by atoms with Crippen LogP contribution in [0.25, 0.3) is 0 Å². The van der Waals surface area contributed by atoms with Crippen LogP contribution in [0.4, 0.5) is 5.13 Å². The molecule has 0 aliphatic rings. The Kier molecular flexibility index (Phi) is 9.25. The smallest absolute Gasteiger partial charge is 0.312 e. The number of ether oxygens (including phenoxy) is 1. The van der Waals surface area contributed by atoms with E-state index in [1.54, 1.807) is 12.1 Å². The number of Topliss-reactive ketones (excluding diaryl/α,β-unsaturated/α-hetero) is 1. The van der Waals surface area contributed by atoms with E-state index in [0.717, 1.165) is 6.42 Å². The number of carbonyl (C=O) groups excluding carboxylic acids is 2. The molecule has 0 spiro atoms. The Morgan fingerprint density at radius 3 is 2.68 bits per heavy atom. The average Bonchev–Trinajstić information content (AvgIpc) is 3.10. The third kappa shape index (κ3) is 7.51. The Bertz CT molecular complexity index is 947. The highest BCUT2D eigenvalue weighted by atomic mass is 32.2. The van der Waals surface area contributed by atoms with Gasteiger partial charge in [0.25, 0.3) is 0 Å². The number of nitrogens with one attached hydrogen (secondary N) is 1. The molecule has 11 heteroatoms. The van der Waals surface area contributed by atoms with Crippen LogP contribution in [-0.2, 0) is 16.0 Å². The number of carboxylic acid groups (broad SMARTS) is 1. The summed E-state index contributed by atoms with van der Waals surface area (Å²) in [4.78, 5) is 33.7. The molecule has 0 radical (unpaired) electrons. The van der Waals surface area contributed by atoms with Crippen molar-refractivity contribution in [2.75, 3.05) is 11.1 Å². The Balaban J connectivity index is 1.89. The lowest BCUT2D eigenvalue weighted by molar-refractivity contribution is -0.139. The molecule has 1 amide bonds. The first-order chi connectivity index (χ1) is 14.7. The van der Waals surface area contributed by atoms with Gasteiger partial charge in [0, 0.05) is 11.3 Å². The standard InChI is InChI=1S/C20H25N3O6S2/c1-4-5-14-15(7-6-13(12(3)24)18(14)28)29-11(2)8-9-30-20-23-22-19(31-20)21-16(25)10-17(26)27/h6-7,11,28H,4-5,8-10H2,1-3H3,(H,26,27)(H,21,22,25). The number of phenols is 1. The van der Waals surface area contributed by atoms with Gasteiger partial charge in [-0.1, -0.05) is 36.4 Å². The van der Waals surface area contributed by atoms with Crippen LogP contribution in [0.5, 0.6) is 11.5 Å². The van der Waals surface area contributed by atoms with Crippen LogP contribution in [0.1, 0.15) is 56.0 Å². The van der Waals surface area contributed by atoms with Crippen LogP contribution in [-0.4, -0.2) is 49.9 Å². The maximum absolute atomic E-state index is 11.7. The van der Waals surface area contributed by atoms with Crippen molar-refractivity contribution in [3.63, 3.8) is 0 Å². The number of aromatic hydroxyl groups is 1. The lowest BCUT2D eigenvalue weighted by atomic mass is 10.0. The topological polar surface area (TPSA) is 139 Å². The molecule has 0 bridgehead atoms. The molecule has 1 heterocycles. The van der Waals surface area contributed by atoms with Crippen molar-refractivity contribution < 1.29 is 29.3 Å². The summed E-state index contributed by atoms with van der Waals surface area (Å²) in [6.45, 7) is 5.33. The first-order valence-electron chi connectivity index (χ1n) is 9.71. The number of anilines is 1. The maximum atomic E-state index is 11.7. The molecule has 0 saturated heterocycles. The van der Waals surface area contributed by atoms with Crippen LogP contribution in [0.3, 0.4) is 0 Å². The molecule has 9 nitrogen and oxygen atoms in total. The zero-order valence-corrected chi connectivity index (χ0v) is 19.1. The number of aliphatic carboxylic acids is 1. The van der Waals surface area contributed by atoms with E-state index in [1.807, 2.05) is 13.8 Å². The summed E-state index contributed by atoms with van der Waals surface area (Å²) in [6.07, 6.45) is 1.32. The predicted octanol–water partition coefficient (Wildman–Crippen LogP) is 3.76. The minimum absolute atomic E-state index is 0.0141. The SMILES string of the molecule is CCCc1c(OC(C)CCSc2nnc(NC(=O)CC(=O)O)s2)ccc(C(C)=O)c1O. The largest absolute Gasteiger partial charge is 0.507 e. The van der Waals surface area contributed by atoms with Crippen molar-refractivity contribution in [3.8, 4) is 11.5 Å². The lowest BCUT2D eigenvalue weighted by Crippen LogP contribution is -2.15. The quantitative estimate of drug-likeness (QED) is 0.184. The van der Waals surface area contributed by atoms with Crippen molar-refractivity contribution in [1.29, 1.82) is 0 Å². The molecule has 0 saturated carbocycles. The molecule has 3 N–H and O–H groups in total. The van der Waals surface area contributed by atoms with Crippen molar-refractivity contribution in [3.05, 3.63) is 23.3 Å². The van der Waals surface area contributed by atoms with Crippen molar-refractivity contribution in [1.82, 2.24) is 10.2 Å². The zero-order valence-electron chi connectivity index (χ0n) is 17.5. The first kappa shape index (κ1) is 24.6. The number of nitrogens with zero attached hydrogens (tertiary/aromatic N) is 2. The second-order valence-electron chi connectivity index (χ2n) is 6.80. The van der Waals surface area contributed by atoms with Crippen LogP contribution >= 0.6 is 23.1 Å². The van der Waals surface area contributed by atoms with Gasteiger partial charge in [0.05, 0.1) is 11.7 Å². The minimum atomic E-state index is -1.21. The molecule has 168 valence electrons. The van der Waals surface area contributed by atoms with E-state index in [9.17, 15) is 19.5 Å². The monoisotopic (exact) mass is 467 g/mol. The molecular formula is C20H25N3O6S2. The molecule has 1 unspecified atom stereocenters. The van der Waals surface area contributed by atoms with E-state index < -0.39 is 18.3 Å². The number of hydrogen-bond donors (Lipinski definition) is 3. The summed E-state index contributed by atoms with van der Waals surface area (Å²) in [7, 11) is 0. The van der Waals surface area contributed by atoms with Gasteiger partial charge in [0.2, 0.25) is 11.0 Å². The molecule has 1 aromatic carbocycles.